The lowest BCUT2D eigenvalue weighted by atomic mass is 10.0. The summed E-state index contributed by atoms with van der Waals surface area (Å²) >= 11 is 0. The van der Waals surface area contributed by atoms with E-state index in [1.165, 1.54) is 4.90 Å². The van der Waals surface area contributed by atoms with Crippen LogP contribution in [0.15, 0.2) is 66.7 Å². The van der Waals surface area contributed by atoms with Gasteiger partial charge in [0.25, 0.3) is 0 Å². The van der Waals surface area contributed by atoms with Gasteiger partial charge in [-0.2, -0.15) is 0 Å². The molecule has 1 fully saturated rings. The van der Waals surface area contributed by atoms with Gasteiger partial charge in [0.2, 0.25) is 11.8 Å². The summed E-state index contributed by atoms with van der Waals surface area (Å²) in [5.41, 5.74) is 1.76. The molecule has 0 aliphatic carbocycles. The summed E-state index contributed by atoms with van der Waals surface area (Å²) in [5, 5.41) is 0. The largest absolute Gasteiger partial charge is 0.274 e. The van der Waals surface area contributed by atoms with E-state index in [1.54, 1.807) is 12.1 Å². The number of hydrogen-bond donors (Lipinski definition) is 0. The van der Waals surface area contributed by atoms with E-state index in [1.807, 2.05) is 60.7 Å². The topological polar surface area (TPSA) is 37.4 Å². The smallest absolute Gasteiger partial charge is 0.237 e. The SMILES string of the molecule is O=C1CC(C/C=C/c2ccccc2)C(=O)N1c1ccccc1. The first-order valence-electron chi connectivity index (χ1n) is 7.39. The van der Waals surface area contributed by atoms with Crippen molar-refractivity contribution in [3.63, 3.8) is 0 Å². The van der Waals surface area contributed by atoms with Crippen LogP contribution < -0.4 is 4.90 Å². The zero-order valence-corrected chi connectivity index (χ0v) is 12.2. The Hall–Kier alpha value is -2.68. The molecule has 110 valence electrons. The fourth-order valence-corrected chi connectivity index (χ4v) is 2.66. The molecule has 3 nitrogen and oxygen atoms in total. The molecule has 2 aromatic rings. The predicted molar refractivity (Wildman–Crippen MR) is 87.1 cm³/mol. The first-order valence-corrected chi connectivity index (χ1v) is 7.39. The highest BCUT2D eigenvalue weighted by Crippen LogP contribution is 2.28. The molecular formula is C19H17NO2. The maximum absolute atomic E-state index is 12.4. The van der Waals surface area contributed by atoms with Gasteiger partial charge in [-0.05, 0) is 24.1 Å². The Morgan fingerprint density at radius 3 is 2.27 bits per heavy atom. The van der Waals surface area contributed by atoms with Crippen molar-refractivity contribution in [2.45, 2.75) is 12.8 Å². The van der Waals surface area contributed by atoms with Gasteiger partial charge in [-0.3, -0.25) is 14.5 Å². The first-order chi connectivity index (χ1) is 10.8. The molecule has 0 radical (unpaired) electrons. The Morgan fingerprint density at radius 2 is 1.59 bits per heavy atom. The van der Waals surface area contributed by atoms with Crippen LogP contribution in [0, 0.1) is 5.92 Å². The molecule has 1 aliphatic rings. The third kappa shape index (κ3) is 2.98. The van der Waals surface area contributed by atoms with Gasteiger partial charge in [-0.15, -0.1) is 0 Å². The van der Waals surface area contributed by atoms with Crippen LogP contribution in [0.4, 0.5) is 5.69 Å². The maximum Gasteiger partial charge on any atom is 0.237 e. The highest BCUT2D eigenvalue weighted by molar-refractivity contribution is 6.20. The molecule has 1 saturated heterocycles. The predicted octanol–water partition coefficient (Wildman–Crippen LogP) is 3.67. The zero-order chi connectivity index (χ0) is 15.4. The summed E-state index contributed by atoms with van der Waals surface area (Å²) in [6.45, 7) is 0. The minimum Gasteiger partial charge on any atom is -0.274 e. The fraction of sp³-hybridized carbons (Fsp3) is 0.158. The number of para-hydroxylation sites is 1. The van der Waals surface area contributed by atoms with Crippen molar-refractivity contribution >= 4 is 23.6 Å². The van der Waals surface area contributed by atoms with Gasteiger partial charge >= 0.3 is 0 Å². The van der Waals surface area contributed by atoms with Crippen molar-refractivity contribution < 1.29 is 9.59 Å². The van der Waals surface area contributed by atoms with E-state index in [4.69, 9.17) is 0 Å². The Labute approximate surface area is 129 Å². The fourth-order valence-electron chi connectivity index (χ4n) is 2.66. The summed E-state index contributed by atoms with van der Waals surface area (Å²) < 4.78 is 0. The monoisotopic (exact) mass is 291 g/mol. The van der Waals surface area contributed by atoms with E-state index in [2.05, 4.69) is 0 Å². The Balaban J connectivity index is 1.68. The highest BCUT2D eigenvalue weighted by atomic mass is 16.2. The summed E-state index contributed by atoms with van der Waals surface area (Å²) in [5.74, 6) is -0.476. The van der Waals surface area contributed by atoms with Crippen LogP contribution in [0.2, 0.25) is 0 Å². The van der Waals surface area contributed by atoms with Crippen molar-refractivity contribution in [2.75, 3.05) is 4.90 Å². The number of imide groups is 1. The molecule has 1 atom stereocenters. The van der Waals surface area contributed by atoms with E-state index in [9.17, 15) is 9.59 Å². The van der Waals surface area contributed by atoms with Crippen molar-refractivity contribution in [1.82, 2.24) is 0 Å². The van der Waals surface area contributed by atoms with E-state index in [0.717, 1.165) is 5.56 Å². The lowest BCUT2D eigenvalue weighted by Crippen LogP contribution is -2.30. The molecule has 0 bridgehead atoms. The maximum atomic E-state index is 12.4. The first kappa shape index (κ1) is 14.3. The number of amides is 2. The quantitative estimate of drug-likeness (QED) is 0.806. The van der Waals surface area contributed by atoms with Crippen LogP contribution in [0.1, 0.15) is 18.4 Å². The molecule has 1 heterocycles. The lowest BCUT2D eigenvalue weighted by Gasteiger charge is -2.14. The van der Waals surface area contributed by atoms with E-state index < -0.39 is 0 Å². The third-order valence-corrected chi connectivity index (χ3v) is 3.78. The normalized spacial score (nSPS) is 18.4. The standard InChI is InChI=1S/C19H17NO2/c21-18-14-16(11-7-10-15-8-3-1-4-9-15)19(22)20(18)17-12-5-2-6-13-17/h1-10,12-13,16H,11,14H2/b10-7+. The Kier molecular flexibility index (Phi) is 4.15. The molecular weight excluding hydrogens is 274 g/mol. The van der Waals surface area contributed by atoms with E-state index >= 15 is 0 Å². The van der Waals surface area contributed by atoms with Crippen LogP contribution in [0.25, 0.3) is 6.08 Å². The van der Waals surface area contributed by atoms with Crippen LogP contribution >= 0.6 is 0 Å². The molecule has 1 aliphatic heterocycles. The number of allylic oxidation sites excluding steroid dienone is 1. The molecule has 2 amide bonds. The number of anilines is 1. The molecule has 1 unspecified atom stereocenters. The van der Waals surface area contributed by atoms with Gasteiger partial charge in [0.15, 0.2) is 0 Å². The Morgan fingerprint density at radius 1 is 0.955 bits per heavy atom. The average Bonchev–Trinajstić information content (AvgIpc) is 2.83. The average molecular weight is 291 g/mol. The molecule has 2 aromatic carbocycles. The number of carbonyl (C=O) groups is 2. The molecule has 0 aromatic heterocycles. The highest BCUT2D eigenvalue weighted by Gasteiger charge is 2.38. The van der Waals surface area contributed by atoms with Crippen LogP contribution in [0.3, 0.4) is 0 Å². The number of hydrogen-bond acceptors (Lipinski definition) is 2. The minimum atomic E-state index is -0.257. The summed E-state index contributed by atoms with van der Waals surface area (Å²) in [4.78, 5) is 25.8. The molecule has 0 saturated carbocycles. The van der Waals surface area contributed by atoms with Gasteiger partial charge in [0, 0.05) is 6.42 Å². The second-order valence-corrected chi connectivity index (χ2v) is 5.35. The van der Waals surface area contributed by atoms with Crippen molar-refractivity contribution in [3.05, 3.63) is 72.3 Å². The minimum absolute atomic E-state index is 0.103. The van der Waals surface area contributed by atoms with Gasteiger partial charge < -0.3 is 0 Å². The van der Waals surface area contributed by atoms with Gasteiger partial charge in [0.05, 0.1) is 11.6 Å². The van der Waals surface area contributed by atoms with Crippen molar-refractivity contribution in [3.8, 4) is 0 Å². The van der Waals surface area contributed by atoms with E-state index in [0.29, 0.717) is 12.1 Å². The number of carbonyl (C=O) groups excluding carboxylic acids is 2. The molecule has 0 N–H and O–H groups in total. The molecule has 3 heteroatoms. The number of benzene rings is 2. The number of rotatable bonds is 4. The van der Waals surface area contributed by atoms with Crippen LogP contribution in [0.5, 0.6) is 0 Å². The van der Waals surface area contributed by atoms with Gasteiger partial charge in [0.1, 0.15) is 0 Å². The van der Waals surface area contributed by atoms with Crippen molar-refractivity contribution in [1.29, 1.82) is 0 Å². The lowest BCUT2D eigenvalue weighted by molar-refractivity contribution is -0.122. The van der Waals surface area contributed by atoms with Crippen molar-refractivity contribution in [2.24, 2.45) is 5.92 Å². The summed E-state index contributed by atoms with van der Waals surface area (Å²) in [6.07, 6.45) is 4.83. The van der Waals surface area contributed by atoms with Crippen LogP contribution in [-0.4, -0.2) is 11.8 Å². The van der Waals surface area contributed by atoms with Gasteiger partial charge in [-0.25, -0.2) is 0 Å². The zero-order valence-electron chi connectivity index (χ0n) is 12.2. The third-order valence-electron chi connectivity index (χ3n) is 3.78. The second-order valence-electron chi connectivity index (χ2n) is 5.35. The molecule has 3 rings (SSSR count). The second kappa shape index (κ2) is 6.39. The Bertz CT molecular complexity index is 692. The summed E-state index contributed by atoms with van der Waals surface area (Å²) in [7, 11) is 0. The van der Waals surface area contributed by atoms with E-state index in [-0.39, 0.29) is 24.2 Å². The molecule has 0 spiro atoms. The van der Waals surface area contributed by atoms with Crippen LogP contribution in [-0.2, 0) is 9.59 Å². The number of nitrogens with zero attached hydrogens (tertiary/aromatic N) is 1. The van der Waals surface area contributed by atoms with Gasteiger partial charge in [-0.1, -0.05) is 60.7 Å². The summed E-state index contributed by atoms with van der Waals surface area (Å²) in [6, 6.07) is 19.0. The molecule has 22 heavy (non-hydrogen) atoms.